The zero-order valence-corrected chi connectivity index (χ0v) is 10.2. The predicted molar refractivity (Wildman–Crippen MR) is 62.5 cm³/mol. The van der Waals surface area contributed by atoms with Gasteiger partial charge in [-0.05, 0) is 26.0 Å². The van der Waals surface area contributed by atoms with Gasteiger partial charge in [0.05, 0.1) is 6.61 Å². The predicted octanol–water partition coefficient (Wildman–Crippen LogP) is 1.67. The molecule has 0 heterocycles. The number of hydrogen-bond acceptors (Lipinski definition) is 3. The van der Waals surface area contributed by atoms with Gasteiger partial charge in [-0.2, -0.15) is 0 Å². The van der Waals surface area contributed by atoms with Gasteiger partial charge in [-0.15, -0.1) is 5.73 Å². The van der Waals surface area contributed by atoms with Crippen molar-refractivity contribution in [3.8, 4) is 11.8 Å². The molecule has 0 saturated heterocycles. The van der Waals surface area contributed by atoms with Crippen LogP contribution in [0.1, 0.15) is 27.7 Å². The van der Waals surface area contributed by atoms with Crippen LogP contribution in [0, 0.1) is 17.3 Å². The van der Waals surface area contributed by atoms with Crippen molar-refractivity contribution in [2.24, 2.45) is 5.41 Å². The first-order valence-electron chi connectivity index (χ1n) is 5.18. The van der Waals surface area contributed by atoms with Gasteiger partial charge >= 0.3 is 5.97 Å². The molecule has 1 atom stereocenters. The van der Waals surface area contributed by atoms with Crippen LogP contribution in [0.4, 0.5) is 0 Å². The van der Waals surface area contributed by atoms with Gasteiger partial charge in [-0.25, -0.2) is 4.79 Å². The highest BCUT2D eigenvalue weighted by molar-refractivity contribution is 5.88. The van der Waals surface area contributed by atoms with Crippen molar-refractivity contribution in [1.29, 1.82) is 0 Å². The maximum absolute atomic E-state index is 10.9. The summed E-state index contributed by atoms with van der Waals surface area (Å²) in [7, 11) is 0. The summed E-state index contributed by atoms with van der Waals surface area (Å²) in [4.78, 5) is 10.9. The highest BCUT2D eigenvalue weighted by atomic mass is 16.5. The van der Waals surface area contributed by atoms with Crippen molar-refractivity contribution < 1.29 is 14.6 Å². The summed E-state index contributed by atoms with van der Waals surface area (Å²) < 4.78 is 4.63. The van der Waals surface area contributed by atoms with Gasteiger partial charge in [0.15, 0.2) is 0 Å². The molecule has 88 valence electrons. The Bertz CT molecular complexity index is 349. The smallest absolute Gasteiger partial charge is 0.384 e. The molecule has 0 saturated carbocycles. The largest absolute Gasteiger partial charge is 0.456 e. The maximum atomic E-state index is 10.9. The van der Waals surface area contributed by atoms with Crippen LogP contribution in [0.25, 0.3) is 0 Å². The van der Waals surface area contributed by atoms with Crippen LogP contribution < -0.4 is 0 Å². The van der Waals surface area contributed by atoms with E-state index in [9.17, 15) is 9.90 Å². The van der Waals surface area contributed by atoms with E-state index in [1.807, 2.05) is 20.8 Å². The second-order valence-corrected chi connectivity index (χ2v) is 3.81. The Labute approximate surface area is 96.8 Å². The third-order valence-corrected chi connectivity index (χ3v) is 1.91. The molecule has 0 fully saturated rings. The fraction of sp³-hybridized carbons (Fsp3) is 0.538. The van der Waals surface area contributed by atoms with E-state index in [-0.39, 0.29) is 6.61 Å². The fourth-order valence-electron chi connectivity index (χ4n) is 0.858. The van der Waals surface area contributed by atoms with E-state index < -0.39 is 17.5 Å². The fourth-order valence-corrected chi connectivity index (χ4v) is 0.858. The van der Waals surface area contributed by atoms with Crippen molar-refractivity contribution >= 4 is 5.97 Å². The molecule has 0 bridgehead atoms. The summed E-state index contributed by atoms with van der Waals surface area (Å²) in [5.74, 6) is 4.09. The summed E-state index contributed by atoms with van der Waals surface area (Å²) in [6.45, 7) is 7.45. The lowest BCUT2D eigenvalue weighted by atomic mass is 9.87. The van der Waals surface area contributed by atoms with E-state index in [0.29, 0.717) is 0 Å². The molecule has 0 aliphatic carbocycles. The lowest BCUT2D eigenvalue weighted by Gasteiger charge is -2.21. The SMILES string of the molecule is CC=C=CC(C)(C)C(O)C#CC(=O)OCC. The Morgan fingerprint density at radius 3 is 2.69 bits per heavy atom. The summed E-state index contributed by atoms with van der Waals surface area (Å²) in [5.41, 5.74) is 2.34. The molecule has 0 amide bonds. The van der Waals surface area contributed by atoms with Gasteiger partial charge < -0.3 is 9.84 Å². The van der Waals surface area contributed by atoms with Gasteiger partial charge in [-0.1, -0.05) is 19.8 Å². The normalized spacial score (nSPS) is 11.6. The van der Waals surface area contributed by atoms with Crippen LogP contribution in [0.15, 0.2) is 17.9 Å². The van der Waals surface area contributed by atoms with E-state index in [1.165, 1.54) is 0 Å². The molecule has 0 radical (unpaired) electrons. The molecule has 1 unspecified atom stereocenters. The van der Waals surface area contributed by atoms with Gasteiger partial charge in [0.1, 0.15) is 6.10 Å². The van der Waals surface area contributed by atoms with Crippen LogP contribution >= 0.6 is 0 Å². The molecule has 0 aromatic rings. The molecular formula is C13H18O3. The first kappa shape index (κ1) is 14.5. The molecule has 0 aliphatic rings. The zero-order valence-electron chi connectivity index (χ0n) is 10.2. The van der Waals surface area contributed by atoms with E-state index in [2.05, 4.69) is 22.3 Å². The summed E-state index contributed by atoms with van der Waals surface area (Å²) in [6.07, 6.45) is 2.54. The van der Waals surface area contributed by atoms with Gasteiger partial charge in [0.25, 0.3) is 0 Å². The van der Waals surface area contributed by atoms with E-state index >= 15 is 0 Å². The maximum Gasteiger partial charge on any atom is 0.384 e. The highest BCUT2D eigenvalue weighted by Crippen LogP contribution is 2.21. The van der Waals surface area contributed by atoms with Gasteiger partial charge in [-0.3, -0.25) is 0 Å². The lowest BCUT2D eigenvalue weighted by Crippen LogP contribution is -2.25. The summed E-state index contributed by atoms with van der Waals surface area (Å²) in [6, 6.07) is 0. The number of carbonyl (C=O) groups excluding carboxylic acids is 1. The number of carbonyl (C=O) groups is 1. The average Bonchev–Trinajstić information content (AvgIpc) is 2.23. The molecule has 0 rings (SSSR count). The van der Waals surface area contributed by atoms with Crippen LogP contribution in [-0.4, -0.2) is 23.8 Å². The van der Waals surface area contributed by atoms with E-state index in [0.717, 1.165) is 0 Å². The van der Waals surface area contributed by atoms with Crippen LogP contribution in [-0.2, 0) is 9.53 Å². The average molecular weight is 222 g/mol. The third kappa shape index (κ3) is 5.41. The second-order valence-electron chi connectivity index (χ2n) is 3.81. The van der Waals surface area contributed by atoms with Crippen molar-refractivity contribution in [1.82, 2.24) is 0 Å². The Balaban J connectivity index is 4.62. The molecule has 3 heteroatoms. The number of hydrogen-bond donors (Lipinski definition) is 1. The van der Waals surface area contributed by atoms with Crippen molar-refractivity contribution in [3.63, 3.8) is 0 Å². The Kier molecular flexibility index (Phi) is 6.25. The number of esters is 1. The quantitative estimate of drug-likeness (QED) is 0.342. The zero-order chi connectivity index (χ0) is 12.6. The van der Waals surface area contributed by atoms with Crippen LogP contribution in [0.2, 0.25) is 0 Å². The molecule has 1 N–H and O–H groups in total. The Morgan fingerprint density at radius 1 is 1.56 bits per heavy atom. The number of ether oxygens (including phenoxy) is 1. The molecule has 3 nitrogen and oxygen atoms in total. The number of rotatable bonds is 3. The first-order valence-corrected chi connectivity index (χ1v) is 5.18. The summed E-state index contributed by atoms with van der Waals surface area (Å²) >= 11 is 0. The third-order valence-electron chi connectivity index (χ3n) is 1.91. The standard InChI is InChI=1S/C13H18O3/c1-5-7-10-13(3,4)11(14)8-9-12(15)16-6-2/h5,10-11,14H,6H2,1-4H3. The van der Waals surface area contributed by atoms with Gasteiger partial charge in [0, 0.05) is 11.3 Å². The highest BCUT2D eigenvalue weighted by Gasteiger charge is 2.23. The number of aliphatic hydroxyl groups excluding tert-OH is 1. The number of aliphatic hydroxyl groups is 1. The minimum Gasteiger partial charge on any atom is -0.456 e. The van der Waals surface area contributed by atoms with Crippen LogP contribution in [0.3, 0.4) is 0 Å². The summed E-state index contributed by atoms with van der Waals surface area (Å²) in [5, 5.41) is 9.75. The topological polar surface area (TPSA) is 46.5 Å². The van der Waals surface area contributed by atoms with E-state index in [4.69, 9.17) is 0 Å². The monoisotopic (exact) mass is 222 g/mol. The van der Waals surface area contributed by atoms with Gasteiger partial charge in [0.2, 0.25) is 0 Å². The molecule has 16 heavy (non-hydrogen) atoms. The first-order chi connectivity index (χ1) is 7.44. The Morgan fingerprint density at radius 2 is 2.19 bits per heavy atom. The minimum atomic E-state index is -0.927. The lowest BCUT2D eigenvalue weighted by molar-refractivity contribution is -0.136. The molecule has 0 aliphatic heterocycles. The molecular weight excluding hydrogens is 204 g/mol. The Hall–Kier alpha value is -1.49. The second kappa shape index (κ2) is 6.90. The minimum absolute atomic E-state index is 0.283. The molecule has 0 aromatic heterocycles. The van der Waals surface area contributed by atoms with Crippen molar-refractivity contribution in [2.45, 2.75) is 33.8 Å². The van der Waals surface area contributed by atoms with Crippen molar-refractivity contribution in [3.05, 3.63) is 17.9 Å². The molecule has 0 aromatic carbocycles. The van der Waals surface area contributed by atoms with Crippen molar-refractivity contribution in [2.75, 3.05) is 6.61 Å². The van der Waals surface area contributed by atoms with E-state index in [1.54, 1.807) is 19.1 Å². The molecule has 0 spiro atoms. The van der Waals surface area contributed by atoms with Crippen LogP contribution in [0.5, 0.6) is 0 Å².